The predicted molar refractivity (Wildman–Crippen MR) is 55.5 cm³/mol. The second-order valence-electron chi connectivity index (χ2n) is 2.94. The molecule has 0 bridgehead atoms. The number of esters is 1. The van der Waals surface area contributed by atoms with Crippen molar-refractivity contribution in [3.8, 4) is 6.07 Å². The molecule has 0 fully saturated rings. The van der Waals surface area contributed by atoms with Crippen LogP contribution in [0.15, 0.2) is 24.3 Å². The minimum absolute atomic E-state index is 0.308. The van der Waals surface area contributed by atoms with Crippen LogP contribution in [-0.4, -0.2) is 25.5 Å². The van der Waals surface area contributed by atoms with Crippen LogP contribution >= 0.6 is 0 Å². The van der Waals surface area contributed by atoms with Crippen molar-refractivity contribution < 1.29 is 14.3 Å². The number of nitrogens with one attached hydrogen (secondary N) is 1. The molecule has 82 valence electrons. The van der Waals surface area contributed by atoms with E-state index in [1.807, 2.05) is 6.07 Å². The van der Waals surface area contributed by atoms with E-state index in [1.165, 1.54) is 31.3 Å². The first-order chi connectivity index (χ1) is 7.67. The van der Waals surface area contributed by atoms with Crippen LogP contribution in [0.3, 0.4) is 0 Å². The van der Waals surface area contributed by atoms with Gasteiger partial charge in [0, 0.05) is 7.05 Å². The number of hydrogen-bond acceptors (Lipinski definition) is 4. The lowest BCUT2D eigenvalue weighted by Gasteiger charge is -2.03. The molecule has 1 aromatic rings. The number of carbonyl (C=O) groups is 2. The maximum absolute atomic E-state index is 11.4. The minimum Gasteiger partial charge on any atom is -0.452 e. The highest BCUT2D eigenvalue weighted by molar-refractivity contribution is 5.91. The molecule has 0 unspecified atom stereocenters. The molecule has 0 saturated heterocycles. The van der Waals surface area contributed by atoms with Crippen molar-refractivity contribution in [2.45, 2.75) is 0 Å². The quantitative estimate of drug-likeness (QED) is 0.747. The monoisotopic (exact) mass is 218 g/mol. The summed E-state index contributed by atoms with van der Waals surface area (Å²) < 4.78 is 4.72. The first-order valence-corrected chi connectivity index (χ1v) is 4.55. The molecule has 0 aliphatic rings. The fourth-order valence-electron chi connectivity index (χ4n) is 0.967. The maximum Gasteiger partial charge on any atom is 0.338 e. The van der Waals surface area contributed by atoms with E-state index in [1.54, 1.807) is 0 Å². The number of ether oxygens (including phenoxy) is 1. The Labute approximate surface area is 92.6 Å². The van der Waals surface area contributed by atoms with E-state index in [0.717, 1.165) is 0 Å². The molecule has 0 saturated carbocycles. The third-order valence-electron chi connectivity index (χ3n) is 1.86. The zero-order valence-electron chi connectivity index (χ0n) is 8.69. The van der Waals surface area contributed by atoms with Crippen LogP contribution in [0.2, 0.25) is 0 Å². The van der Waals surface area contributed by atoms with Crippen LogP contribution in [0, 0.1) is 11.3 Å². The lowest BCUT2D eigenvalue weighted by atomic mass is 10.1. The summed E-state index contributed by atoms with van der Waals surface area (Å²) in [6.45, 7) is -0.310. The Morgan fingerprint density at radius 3 is 2.50 bits per heavy atom. The van der Waals surface area contributed by atoms with Gasteiger partial charge in [-0.05, 0) is 24.3 Å². The topological polar surface area (TPSA) is 79.2 Å². The van der Waals surface area contributed by atoms with E-state index in [9.17, 15) is 9.59 Å². The Morgan fingerprint density at radius 1 is 1.38 bits per heavy atom. The zero-order valence-corrected chi connectivity index (χ0v) is 8.69. The lowest BCUT2D eigenvalue weighted by molar-refractivity contribution is -0.123. The summed E-state index contributed by atoms with van der Waals surface area (Å²) in [5.74, 6) is -0.963. The first-order valence-electron chi connectivity index (χ1n) is 4.55. The van der Waals surface area contributed by atoms with Crippen molar-refractivity contribution in [1.82, 2.24) is 5.32 Å². The van der Waals surface area contributed by atoms with Crippen molar-refractivity contribution in [2.75, 3.05) is 13.7 Å². The summed E-state index contributed by atoms with van der Waals surface area (Å²) in [7, 11) is 1.46. The SMILES string of the molecule is CNC(=O)COC(=O)c1ccc(C#N)cc1. The fourth-order valence-corrected chi connectivity index (χ4v) is 0.967. The van der Waals surface area contributed by atoms with Gasteiger partial charge in [0.2, 0.25) is 0 Å². The molecule has 1 N–H and O–H groups in total. The average molecular weight is 218 g/mol. The van der Waals surface area contributed by atoms with Gasteiger partial charge in [0.25, 0.3) is 5.91 Å². The van der Waals surface area contributed by atoms with Gasteiger partial charge in [-0.25, -0.2) is 4.79 Å². The number of hydrogen-bond donors (Lipinski definition) is 1. The van der Waals surface area contributed by atoms with Gasteiger partial charge in [0.15, 0.2) is 6.61 Å². The van der Waals surface area contributed by atoms with Crippen LogP contribution < -0.4 is 5.32 Å². The predicted octanol–water partition coefficient (Wildman–Crippen LogP) is 0.461. The highest BCUT2D eigenvalue weighted by atomic mass is 16.5. The number of nitriles is 1. The Balaban J connectivity index is 2.60. The third-order valence-corrected chi connectivity index (χ3v) is 1.86. The van der Waals surface area contributed by atoms with Gasteiger partial charge in [-0.2, -0.15) is 5.26 Å². The van der Waals surface area contributed by atoms with Gasteiger partial charge < -0.3 is 10.1 Å². The number of likely N-dealkylation sites (N-methyl/N-ethyl adjacent to an activating group) is 1. The van der Waals surface area contributed by atoms with E-state index in [-0.39, 0.29) is 12.5 Å². The minimum atomic E-state index is -0.590. The normalized spacial score (nSPS) is 9.00. The Morgan fingerprint density at radius 2 is 2.00 bits per heavy atom. The second-order valence-corrected chi connectivity index (χ2v) is 2.94. The van der Waals surface area contributed by atoms with Crippen LogP contribution in [-0.2, 0) is 9.53 Å². The Kier molecular flexibility index (Phi) is 4.04. The Hall–Kier alpha value is -2.35. The van der Waals surface area contributed by atoms with Crippen molar-refractivity contribution in [3.63, 3.8) is 0 Å². The summed E-state index contributed by atoms with van der Waals surface area (Å²) in [6.07, 6.45) is 0. The van der Waals surface area contributed by atoms with E-state index >= 15 is 0 Å². The molecule has 0 heterocycles. The fraction of sp³-hybridized carbons (Fsp3) is 0.182. The highest BCUT2D eigenvalue weighted by Gasteiger charge is 2.08. The molecule has 0 spiro atoms. The Bertz CT molecular complexity index is 432. The van der Waals surface area contributed by atoms with Crippen LogP contribution in [0.25, 0.3) is 0 Å². The van der Waals surface area contributed by atoms with Gasteiger partial charge >= 0.3 is 5.97 Å². The summed E-state index contributed by atoms with van der Waals surface area (Å²) in [5, 5.41) is 10.9. The van der Waals surface area contributed by atoms with Gasteiger partial charge in [-0.3, -0.25) is 4.79 Å². The van der Waals surface area contributed by atoms with Gasteiger partial charge in [0.05, 0.1) is 17.2 Å². The van der Waals surface area contributed by atoms with Crippen LogP contribution in [0.1, 0.15) is 15.9 Å². The number of rotatable bonds is 3. The summed E-state index contributed by atoms with van der Waals surface area (Å²) in [6, 6.07) is 7.91. The van der Waals surface area contributed by atoms with Crippen molar-refractivity contribution in [1.29, 1.82) is 5.26 Å². The van der Waals surface area contributed by atoms with Gasteiger partial charge in [-0.15, -0.1) is 0 Å². The molecule has 5 nitrogen and oxygen atoms in total. The molecule has 16 heavy (non-hydrogen) atoms. The average Bonchev–Trinajstić information content (AvgIpc) is 2.35. The first kappa shape index (κ1) is 11.7. The molecular formula is C11H10N2O3. The smallest absolute Gasteiger partial charge is 0.338 e. The molecule has 1 amide bonds. The van der Waals surface area contributed by atoms with Crippen LogP contribution in [0.4, 0.5) is 0 Å². The number of benzene rings is 1. The molecule has 0 atom stereocenters. The second kappa shape index (κ2) is 5.51. The summed E-state index contributed by atoms with van der Waals surface area (Å²) >= 11 is 0. The van der Waals surface area contributed by atoms with Crippen molar-refractivity contribution in [2.24, 2.45) is 0 Å². The van der Waals surface area contributed by atoms with Crippen LogP contribution in [0.5, 0.6) is 0 Å². The van der Waals surface area contributed by atoms with E-state index in [0.29, 0.717) is 11.1 Å². The maximum atomic E-state index is 11.4. The lowest BCUT2D eigenvalue weighted by Crippen LogP contribution is -2.25. The van der Waals surface area contributed by atoms with E-state index < -0.39 is 5.97 Å². The number of amides is 1. The van der Waals surface area contributed by atoms with E-state index in [4.69, 9.17) is 10.00 Å². The number of nitrogens with zero attached hydrogens (tertiary/aromatic N) is 1. The van der Waals surface area contributed by atoms with Crippen molar-refractivity contribution in [3.05, 3.63) is 35.4 Å². The standard InChI is InChI=1S/C11H10N2O3/c1-13-10(14)7-16-11(15)9-4-2-8(6-12)3-5-9/h2-5H,7H2,1H3,(H,13,14). The molecule has 0 aliphatic carbocycles. The van der Waals surface area contributed by atoms with E-state index in [2.05, 4.69) is 5.32 Å². The third kappa shape index (κ3) is 3.10. The van der Waals surface area contributed by atoms with Gasteiger partial charge in [-0.1, -0.05) is 0 Å². The summed E-state index contributed by atoms with van der Waals surface area (Å²) in [5.41, 5.74) is 0.769. The highest BCUT2D eigenvalue weighted by Crippen LogP contribution is 2.04. The van der Waals surface area contributed by atoms with Gasteiger partial charge in [0.1, 0.15) is 0 Å². The van der Waals surface area contributed by atoms with Crippen molar-refractivity contribution >= 4 is 11.9 Å². The molecule has 1 aromatic carbocycles. The number of carbonyl (C=O) groups excluding carboxylic acids is 2. The molecular weight excluding hydrogens is 208 g/mol. The largest absolute Gasteiger partial charge is 0.452 e. The summed E-state index contributed by atoms with van der Waals surface area (Å²) in [4.78, 5) is 22.2. The molecule has 5 heteroatoms. The molecule has 0 aliphatic heterocycles. The molecule has 1 rings (SSSR count). The molecule has 0 radical (unpaired) electrons. The zero-order chi connectivity index (χ0) is 12.0. The molecule has 0 aromatic heterocycles.